The van der Waals surface area contributed by atoms with Gasteiger partial charge in [-0.15, -0.1) is 5.10 Å². The largest absolute Gasteiger partial charge is 0.504 e. The zero-order chi connectivity index (χ0) is 14.8. The molecule has 0 amide bonds. The van der Waals surface area contributed by atoms with Crippen LogP contribution in [0.1, 0.15) is 12.8 Å². The standard InChI is InChI=1S/C14H19N5O2/c15-7-9-3-2-6-19(8-9)14-16-13(17-18-14)10-4-1-5-11(20)12(10)21/h1,4-5,9,20-21H,2-3,6-8,15H2,(H,16,17,18). The number of rotatable bonds is 3. The van der Waals surface area contributed by atoms with Gasteiger partial charge in [-0.2, -0.15) is 4.98 Å². The maximum absolute atomic E-state index is 9.88. The van der Waals surface area contributed by atoms with E-state index >= 15 is 0 Å². The lowest BCUT2D eigenvalue weighted by Gasteiger charge is -2.31. The molecular weight excluding hydrogens is 270 g/mol. The zero-order valence-electron chi connectivity index (χ0n) is 11.7. The van der Waals surface area contributed by atoms with Crippen molar-refractivity contribution < 1.29 is 10.2 Å². The highest BCUT2D eigenvalue weighted by molar-refractivity contribution is 5.68. The smallest absolute Gasteiger partial charge is 0.245 e. The summed E-state index contributed by atoms with van der Waals surface area (Å²) in [6.07, 6.45) is 2.21. The SMILES string of the molecule is NCC1CCCN(c2n[nH]c(-c3cccc(O)c3O)n2)C1. The first-order chi connectivity index (χ1) is 10.2. The number of hydrogen-bond acceptors (Lipinski definition) is 6. The highest BCUT2D eigenvalue weighted by Crippen LogP contribution is 2.34. The van der Waals surface area contributed by atoms with Crippen LogP contribution in [0.15, 0.2) is 18.2 Å². The minimum Gasteiger partial charge on any atom is -0.504 e. The van der Waals surface area contributed by atoms with Gasteiger partial charge in [0.15, 0.2) is 17.3 Å². The number of phenolic OH excluding ortho intramolecular Hbond substituents is 2. The molecule has 21 heavy (non-hydrogen) atoms. The molecule has 7 heteroatoms. The molecule has 112 valence electrons. The summed E-state index contributed by atoms with van der Waals surface area (Å²) in [4.78, 5) is 6.52. The molecule has 3 rings (SSSR count). The van der Waals surface area contributed by atoms with E-state index in [2.05, 4.69) is 20.1 Å². The zero-order valence-corrected chi connectivity index (χ0v) is 11.7. The Morgan fingerprint density at radius 1 is 1.38 bits per heavy atom. The Morgan fingerprint density at radius 3 is 3.05 bits per heavy atom. The van der Waals surface area contributed by atoms with Crippen LogP contribution in [-0.2, 0) is 0 Å². The molecule has 0 radical (unpaired) electrons. The number of hydrogen-bond donors (Lipinski definition) is 4. The van der Waals surface area contributed by atoms with Crippen molar-refractivity contribution in [3.8, 4) is 22.9 Å². The third kappa shape index (κ3) is 2.64. The number of aromatic nitrogens is 3. The lowest BCUT2D eigenvalue weighted by Crippen LogP contribution is -2.38. The van der Waals surface area contributed by atoms with Gasteiger partial charge in [-0.05, 0) is 37.4 Å². The first-order valence-electron chi connectivity index (χ1n) is 7.07. The van der Waals surface area contributed by atoms with E-state index in [4.69, 9.17) is 5.73 Å². The first kappa shape index (κ1) is 13.7. The fraction of sp³-hybridized carbons (Fsp3) is 0.429. The van der Waals surface area contributed by atoms with Crippen LogP contribution in [0.25, 0.3) is 11.4 Å². The Hall–Kier alpha value is -2.28. The number of benzene rings is 1. The normalized spacial score (nSPS) is 18.9. The lowest BCUT2D eigenvalue weighted by atomic mass is 9.99. The second-order valence-corrected chi connectivity index (χ2v) is 5.35. The molecule has 5 N–H and O–H groups in total. The van der Waals surface area contributed by atoms with Gasteiger partial charge in [-0.1, -0.05) is 6.07 Å². The van der Waals surface area contributed by atoms with Crippen LogP contribution in [0.4, 0.5) is 5.95 Å². The fourth-order valence-electron chi connectivity index (χ4n) is 2.68. The van der Waals surface area contributed by atoms with Crippen molar-refractivity contribution in [1.82, 2.24) is 15.2 Å². The molecule has 0 spiro atoms. The summed E-state index contributed by atoms with van der Waals surface area (Å²) in [7, 11) is 0. The molecule has 1 fully saturated rings. The Kier molecular flexibility index (Phi) is 3.66. The molecule has 0 bridgehead atoms. The number of aromatic amines is 1. The number of nitrogens with two attached hydrogens (primary N) is 1. The van der Waals surface area contributed by atoms with Gasteiger partial charge in [0.2, 0.25) is 5.95 Å². The van der Waals surface area contributed by atoms with Crippen LogP contribution in [0, 0.1) is 5.92 Å². The summed E-state index contributed by atoms with van der Waals surface area (Å²) < 4.78 is 0. The molecule has 1 aromatic carbocycles. The predicted molar refractivity (Wildman–Crippen MR) is 79.1 cm³/mol. The van der Waals surface area contributed by atoms with Gasteiger partial charge in [0, 0.05) is 13.1 Å². The molecule has 0 saturated carbocycles. The Bertz CT molecular complexity index is 628. The first-order valence-corrected chi connectivity index (χ1v) is 7.07. The van der Waals surface area contributed by atoms with Gasteiger partial charge in [-0.3, -0.25) is 5.10 Å². The highest BCUT2D eigenvalue weighted by atomic mass is 16.3. The maximum Gasteiger partial charge on any atom is 0.245 e. The average Bonchev–Trinajstić information content (AvgIpc) is 3.00. The number of H-pyrrole nitrogens is 1. The summed E-state index contributed by atoms with van der Waals surface area (Å²) >= 11 is 0. The van der Waals surface area contributed by atoms with Crippen molar-refractivity contribution in [3.05, 3.63) is 18.2 Å². The Labute approximate surface area is 122 Å². The number of aromatic hydroxyl groups is 2. The van der Waals surface area contributed by atoms with Gasteiger partial charge in [0.25, 0.3) is 0 Å². The van der Waals surface area contributed by atoms with E-state index in [0.717, 1.165) is 25.9 Å². The highest BCUT2D eigenvalue weighted by Gasteiger charge is 2.22. The number of nitrogens with one attached hydrogen (secondary N) is 1. The number of phenols is 2. The topological polar surface area (TPSA) is 111 Å². The quantitative estimate of drug-likeness (QED) is 0.629. The molecule has 0 aliphatic carbocycles. The molecular formula is C14H19N5O2. The van der Waals surface area contributed by atoms with Crippen molar-refractivity contribution in [1.29, 1.82) is 0 Å². The molecule has 1 atom stereocenters. The van der Waals surface area contributed by atoms with Crippen molar-refractivity contribution in [2.24, 2.45) is 11.7 Å². The number of anilines is 1. The van der Waals surface area contributed by atoms with Gasteiger partial charge in [0.05, 0.1) is 5.56 Å². The second kappa shape index (κ2) is 5.61. The minimum absolute atomic E-state index is 0.174. The molecule has 1 aliphatic heterocycles. The Morgan fingerprint density at radius 2 is 2.24 bits per heavy atom. The van der Waals surface area contributed by atoms with Crippen LogP contribution in [0.3, 0.4) is 0 Å². The molecule has 2 heterocycles. The van der Waals surface area contributed by atoms with E-state index in [9.17, 15) is 10.2 Å². The van der Waals surface area contributed by atoms with Crippen molar-refractivity contribution >= 4 is 5.95 Å². The Balaban J connectivity index is 1.85. The molecule has 1 unspecified atom stereocenters. The third-order valence-corrected chi connectivity index (χ3v) is 3.88. The minimum atomic E-state index is -0.196. The lowest BCUT2D eigenvalue weighted by molar-refractivity contribution is 0.405. The van der Waals surface area contributed by atoms with Crippen molar-refractivity contribution in [2.45, 2.75) is 12.8 Å². The van der Waals surface area contributed by atoms with E-state index in [1.54, 1.807) is 12.1 Å². The van der Waals surface area contributed by atoms with Gasteiger partial charge < -0.3 is 20.8 Å². The summed E-state index contributed by atoms with van der Waals surface area (Å²) in [5.74, 6) is 1.14. The van der Waals surface area contributed by atoms with Gasteiger partial charge in [0.1, 0.15) is 0 Å². The summed E-state index contributed by atoms with van der Waals surface area (Å²) in [6, 6.07) is 4.75. The second-order valence-electron chi connectivity index (χ2n) is 5.35. The maximum atomic E-state index is 9.88. The molecule has 7 nitrogen and oxygen atoms in total. The van der Waals surface area contributed by atoms with Crippen LogP contribution < -0.4 is 10.6 Å². The van der Waals surface area contributed by atoms with E-state index < -0.39 is 0 Å². The molecule has 1 aliphatic rings. The van der Waals surface area contributed by atoms with Gasteiger partial charge in [-0.25, -0.2) is 0 Å². The summed E-state index contributed by atoms with van der Waals surface area (Å²) in [5, 5.41) is 26.5. The monoisotopic (exact) mass is 289 g/mol. The van der Waals surface area contributed by atoms with Crippen molar-refractivity contribution in [2.75, 3.05) is 24.5 Å². The number of piperidine rings is 1. The van der Waals surface area contributed by atoms with E-state index in [1.807, 2.05) is 0 Å². The average molecular weight is 289 g/mol. The van der Waals surface area contributed by atoms with Crippen LogP contribution >= 0.6 is 0 Å². The molecule has 1 aromatic heterocycles. The fourth-order valence-corrected chi connectivity index (χ4v) is 2.68. The van der Waals surface area contributed by atoms with E-state index in [1.165, 1.54) is 6.07 Å². The van der Waals surface area contributed by atoms with Crippen LogP contribution in [0.5, 0.6) is 11.5 Å². The molecule has 1 saturated heterocycles. The van der Waals surface area contributed by atoms with E-state index in [0.29, 0.717) is 29.8 Å². The molecule has 2 aromatic rings. The third-order valence-electron chi connectivity index (χ3n) is 3.88. The van der Waals surface area contributed by atoms with Crippen LogP contribution in [0.2, 0.25) is 0 Å². The summed E-state index contributed by atoms with van der Waals surface area (Å²) in [6.45, 7) is 2.42. The van der Waals surface area contributed by atoms with Crippen LogP contribution in [-0.4, -0.2) is 45.0 Å². The summed E-state index contributed by atoms with van der Waals surface area (Å²) in [5.41, 5.74) is 6.17. The van der Waals surface area contributed by atoms with Gasteiger partial charge >= 0.3 is 0 Å². The predicted octanol–water partition coefficient (Wildman–Crippen LogP) is 1.06. The van der Waals surface area contributed by atoms with Crippen molar-refractivity contribution in [3.63, 3.8) is 0 Å². The number of para-hydroxylation sites is 1. The van der Waals surface area contributed by atoms with E-state index in [-0.39, 0.29) is 11.5 Å². The number of nitrogens with zero attached hydrogens (tertiary/aromatic N) is 3.